The minimum Gasteiger partial charge on any atom is -0.469 e. The summed E-state index contributed by atoms with van der Waals surface area (Å²) in [5.41, 5.74) is 0. The predicted molar refractivity (Wildman–Crippen MR) is 70.3 cm³/mol. The number of nitrogens with zero attached hydrogens (tertiary/aromatic N) is 1. The van der Waals surface area contributed by atoms with Gasteiger partial charge >= 0.3 is 5.97 Å². The molecule has 3 rings (SSSR count). The van der Waals surface area contributed by atoms with E-state index in [1.165, 1.54) is 32.8 Å². The number of rotatable bonds is 2. The number of fused-ring (bicyclic) bond motifs is 1. The molecule has 106 valence electrons. The second-order valence-corrected chi connectivity index (χ2v) is 6.28. The molecule has 3 aliphatic rings. The third kappa shape index (κ3) is 2.37. The molecular weight excluding hydrogens is 242 g/mol. The molecule has 3 fully saturated rings. The highest BCUT2D eigenvalue weighted by molar-refractivity contribution is 5.83. The molecule has 2 aliphatic carbocycles. The van der Waals surface area contributed by atoms with Gasteiger partial charge in [0.2, 0.25) is 5.91 Å². The van der Waals surface area contributed by atoms with Crippen molar-refractivity contribution in [1.29, 1.82) is 0 Å². The Morgan fingerprint density at radius 2 is 1.74 bits per heavy atom. The van der Waals surface area contributed by atoms with E-state index in [0.29, 0.717) is 24.3 Å². The Labute approximate surface area is 114 Å². The zero-order valence-electron chi connectivity index (χ0n) is 11.6. The fourth-order valence-corrected chi connectivity index (χ4v) is 4.11. The molecular formula is C15H23NO3. The van der Waals surface area contributed by atoms with Crippen molar-refractivity contribution in [3.05, 3.63) is 0 Å². The van der Waals surface area contributed by atoms with Gasteiger partial charge in [-0.2, -0.15) is 0 Å². The topological polar surface area (TPSA) is 46.6 Å². The zero-order valence-corrected chi connectivity index (χ0v) is 11.6. The number of piperidine rings is 1. The van der Waals surface area contributed by atoms with Crippen LogP contribution >= 0.6 is 0 Å². The molecule has 0 aromatic carbocycles. The maximum Gasteiger partial charge on any atom is 0.310 e. The molecule has 4 heteroatoms. The summed E-state index contributed by atoms with van der Waals surface area (Å²) >= 11 is 0. The van der Waals surface area contributed by atoms with Gasteiger partial charge in [0.05, 0.1) is 13.0 Å². The molecule has 2 saturated carbocycles. The van der Waals surface area contributed by atoms with Gasteiger partial charge < -0.3 is 9.64 Å². The van der Waals surface area contributed by atoms with Crippen LogP contribution in [0.1, 0.15) is 38.5 Å². The summed E-state index contributed by atoms with van der Waals surface area (Å²) in [6.45, 7) is 1.39. The third-order valence-electron chi connectivity index (χ3n) is 5.21. The Kier molecular flexibility index (Phi) is 3.50. The Hall–Kier alpha value is -1.06. The molecule has 4 nitrogen and oxygen atoms in total. The molecule has 19 heavy (non-hydrogen) atoms. The van der Waals surface area contributed by atoms with E-state index in [1.807, 2.05) is 4.90 Å². The number of esters is 1. The van der Waals surface area contributed by atoms with Crippen LogP contribution in [0.25, 0.3) is 0 Å². The second kappa shape index (κ2) is 5.14. The highest BCUT2D eigenvalue weighted by Crippen LogP contribution is 2.56. The standard InChI is InChI=1S/C15H23NO3/c1-19-15(18)10-5-4-8-16(9-10)14(17)13-11-6-2-3-7-12(11)13/h10-13H,2-9H2,1H3. The summed E-state index contributed by atoms with van der Waals surface area (Å²) < 4.78 is 4.81. The number of carbonyl (C=O) groups excluding carboxylic acids is 2. The lowest BCUT2D eigenvalue weighted by molar-refractivity contribution is -0.149. The Morgan fingerprint density at radius 1 is 1.05 bits per heavy atom. The van der Waals surface area contributed by atoms with E-state index in [2.05, 4.69) is 0 Å². The van der Waals surface area contributed by atoms with Crippen molar-refractivity contribution in [2.45, 2.75) is 38.5 Å². The lowest BCUT2D eigenvalue weighted by atomic mass is 9.97. The van der Waals surface area contributed by atoms with Crippen molar-refractivity contribution in [3.63, 3.8) is 0 Å². The van der Waals surface area contributed by atoms with Gasteiger partial charge in [0.25, 0.3) is 0 Å². The molecule has 0 aromatic heterocycles. The molecule has 0 aromatic rings. The van der Waals surface area contributed by atoms with Crippen LogP contribution in [-0.2, 0) is 14.3 Å². The number of hydrogen-bond acceptors (Lipinski definition) is 3. The SMILES string of the molecule is COC(=O)C1CCCN(C(=O)C2C3CCCCC32)C1. The predicted octanol–water partition coefficient (Wildman–Crippen LogP) is 1.83. The maximum atomic E-state index is 12.6. The van der Waals surface area contributed by atoms with Crippen molar-refractivity contribution >= 4 is 11.9 Å². The zero-order chi connectivity index (χ0) is 13.4. The number of methoxy groups -OCH3 is 1. The Morgan fingerprint density at radius 3 is 2.37 bits per heavy atom. The second-order valence-electron chi connectivity index (χ2n) is 6.28. The normalized spacial score (nSPS) is 37.4. The van der Waals surface area contributed by atoms with Gasteiger partial charge in [-0.1, -0.05) is 12.8 Å². The van der Waals surface area contributed by atoms with Gasteiger partial charge in [0.1, 0.15) is 0 Å². The number of hydrogen-bond donors (Lipinski definition) is 0. The number of likely N-dealkylation sites (tertiary alicyclic amines) is 1. The molecule has 1 heterocycles. The molecule has 0 N–H and O–H groups in total. The van der Waals surface area contributed by atoms with Crippen LogP contribution in [0, 0.1) is 23.7 Å². The third-order valence-corrected chi connectivity index (χ3v) is 5.21. The Bertz CT molecular complexity index is 370. The minimum absolute atomic E-state index is 0.108. The van der Waals surface area contributed by atoms with Crippen molar-refractivity contribution in [2.75, 3.05) is 20.2 Å². The smallest absolute Gasteiger partial charge is 0.310 e. The number of carbonyl (C=O) groups is 2. The highest BCUT2D eigenvalue weighted by atomic mass is 16.5. The van der Waals surface area contributed by atoms with E-state index in [9.17, 15) is 9.59 Å². The van der Waals surface area contributed by atoms with Gasteiger partial charge in [0, 0.05) is 19.0 Å². The molecule has 0 spiro atoms. The van der Waals surface area contributed by atoms with Gasteiger partial charge in [0.15, 0.2) is 0 Å². The van der Waals surface area contributed by atoms with Gasteiger partial charge in [-0.25, -0.2) is 0 Å². The number of ether oxygens (including phenoxy) is 1. The van der Waals surface area contributed by atoms with Crippen LogP contribution in [0.5, 0.6) is 0 Å². The van der Waals surface area contributed by atoms with E-state index < -0.39 is 0 Å². The van der Waals surface area contributed by atoms with Crippen molar-refractivity contribution in [3.8, 4) is 0 Å². The van der Waals surface area contributed by atoms with Crippen LogP contribution in [0.4, 0.5) is 0 Å². The molecule has 3 atom stereocenters. The van der Waals surface area contributed by atoms with Gasteiger partial charge in [-0.15, -0.1) is 0 Å². The molecule has 1 aliphatic heterocycles. The Balaban J connectivity index is 1.59. The van der Waals surface area contributed by atoms with Crippen molar-refractivity contribution in [2.24, 2.45) is 23.7 Å². The van der Waals surface area contributed by atoms with Crippen LogP contribution < -0.4 is 0 Å². The van der Waals surface area contributed by atoms with E-state index in [4.69, 9.17) is 4.74 Å². The minimum atomic E-state index is -0.161. The summed E-state index contributed by atoms with van der Waals surface area (Å²) in [4.78, 5) is 26.1. The average molecular weight is 265 g/mol. The van der Waals surface area contributed by atoms with E-state index in [1.54, 1.807) is 0 Å². The van der Waals surface area contributed by atoms with Crippen LogP contribution in [0.3, 0.4) is 0 Å². The number of amides is 1. The molecule has 1 saturated heterocycles. The first kappa shape index (κ1) is 12.9. The van der Waals surface area contributed by atoms with Crippen molar-refractivity contribution in [1.82, 2.24) is 4.90 Å². The largest absolute Gasteiger partial charge is 0.469 e. The van der Waals surface area contributed by atoms with Crippen LogP contribution in [-0.4, -0.2) is 37.0 Å². The van der Waals surface area contributed by atoms with E-state index in [-0.39, 0.29) is 17.8 Å². The van der Waals surface area contributed by atoms with Crippen LogP contribution in [0.15, 0.2) is 0 Å². The highest BCUT2D eigenvalue weighted by Gasteiger charge is 2.56. The summed E-state index contributed by atoms with van der Waals surface area (Å²) in [6, 6.07) is 0. The first-order valence-electron chi connectivity index (χ1n) is 7.59. The summed E-state index contributed by atoms with van der Waals surface area (Å²) in [5, 5.41) is 0. The fourth-order valence-electron chi connectivity index (χ4n) is 4.11. The first-order chi connectivity index (χ1) is 9.22. The monoisotopic (exact) mass is 265 g/mol. The fraction of sp³-hybridized carbons (Fsp3) is 0.867. The van der Waals surface area contributed by atoms with Gasteiger partial charge in [-0.05, 0) is 37.5 Å². The lowest BCUT2D eigenvalue weighted by Gasteiger charge is -2.31. The summed E-state index contributed by atoms with van der Waals surface area (Å²) in [5.74, 6) is 1.62. The molecule has 1 amide bonds. The summed E-state index contributed by atoms with van der Waals surface area (Å²) in [7, 11) is 1.43. The van der Waals surface area contributed by atoms with E-state index >= 15 is 0 Å². The van der Waals surface area contributed by atoms with Crippen molar-refractivity contribution < 1.29 is 14.3 Å². The van der Waals surface area contributed by atoms with Crippen LogP contribution in [0.2, 0.25) is 0 Å². The first-order valence-corrected chi connectivity index (χ1v) is 7.59. The molecule has 0 bridgehead atoms. The molecule has 0 radical (unpaired) electrons. The average Bonchev–Trinajstić information content (AvgIpc) is 3.20. The summed E-state index contributed by atoms with van der Waals surface area (Å²) in [6.07, 6.45) is 6.82. The quantitative estimate of drug-likeness (QED) is 0.716. The molecule has 3 unspecified atom stereocenters. The van der Waals surface area contributed by atoms with E-state index in [0.717, 1.165) is 19.4 Å². The van der Waals surface area contributed by atoms with Gasteiger partial charge in [-0.3, -0.25) is 9.59 Å². The maximum absolute atomic E-state index is 12.6. The lowest BCUT2D eigenvalue weighted by Crippen LogP contribution is -2.43.